The molecule has 1 fully saturated rings. The molecule has 0 radical (unpaired) electrons. The molecular weight excluding hydrogens is 543 g/mol. The van der Waals surface area contributed by atoms with E-state index in [0.29, 0.717) is 77.2 Å². The highest BCUT2D eigenvalue weighted by atomic mass is 35.5. The molecule has 1 aromatic heterocycles. The van der Waals surface area contributed by atoms with E-state index < -0.39 is 17.7 Å². The van der Waals surface area contributed by atoms with Gasteiger partial charge in [0, 0.05) is 18.5 Å². The number of halogens is 4. The number of piperidine rings is 1. The SMILES string of the molecule is CCON=CC1(CCOc2cc(CC(=O)O)ccc2Cl)CCN(c2nc3ccc(C(F)(F)F)cc3s2)CC1. The summed E-state index contributed by atoms with van der Waals surface area (Å²) in [6, 6.07) is 8.53. The van der Waals surface area contributed by atoms with E-state index in [2.05, 4.69) is 15.0 Å². The number of rotatable bonds is 10. The summed E-state index contributed by atoms with van der Waals surface area (Å²) in [4.78, 5) is 22.9. The number of carboxylic acid groups (broad SMARTS) is 1. The second-order valence-corrected chi connectivity index (χ2v) is 10.5. The van der Waals surface area contributed by atoms with Gasteiger partial charge in [0.05, 0.1) is 40.0 Å². The van der Waals surface area contributed by atoms with Crippen LogP contribution < -0.4 is 9.64 Å². The summed E-state index contributed by atoms with van der Waals surface area (Å²) in [5, 5.41) is 14.3. The Hall–Kier alpha value is -3.05. The maximum absolute atomic E-state index is 13.1. The van der Waals surface area contributed by atoms with E-state index in [1.54, 1.807) is 18.2 Å². The number of thiazole rings is 1. The summed E-state index contributed by atoms with van der Waals surface area (Å²) in [5.74, 6) is -0.516. The molecule has 1 saturated heterocycles. The first-order valence-electron chi connectivity index (χ1n) is 12.1. The average Bonchev–Trinajstić information content (AvgIpc) is 3.29. The van der Waals surface area contributed by atoms with E-state index >= 15 is 0 Å². The molecular formula is C26H27ClF3N3O4S. The summed E-state index contributed by atoms with van der Waals surface area (Å²) < 4.78 is 45.7. The number of anilines is 1. The zero-order valence-corrected chi connectivity index (χ0v) is 22.2. The van der Waals surface area contributed by atoms with Crippen molar-refractivity contribution in [2.24, 2.45) is 10.6 Å². The third-order valence-electron chi connectivity index (χ3n) is 6.47. The molecule has 0 atom stereocenters. The number of benzene rings is 2. The largest absolute Gasteiger partial charge is 0.492 e. The number of nitrogens with zero attached hydrogens (tertiary/aromatic N) is 3. The Morgan fingerprint density at radius 3 is 2.71 bits per heavy atom. The lowest BCUT2D eigenvalue weighted by Gasteiger charge is -2.39. The molecule has 1 aliphatic rings. The molecule has 0 spiro atoms. The van der Waals surface area contributed by atoms with E-state index in [1.165, 1.54) is 17.4 Å². The third-order valence-corrected chi connectivity index (χ3v) is 7.86. The maximum atomic E-state index is 13.1. The quantitative estimate of drug-likeness (QED) is 0.217. The zero-order chi connectivity index (χ0) is 27.3. The lowest BCUT2D eigenvalue weighted by molar-refractivity contribution is -0.138. The van der Waals surface area contributed by atoms with E-state index in [1.807, 2.05) is 13.1 Å². The van der Waals surface area contributed by atoms with Gasteiger partial charge in [0.1, 0.15) is 12.4 Å². The number of fused-ring (bicyclic) bond motifs is 1. The highest BCUT2D eigenvalue weighted by Crippen LogP contribution is 2.39. The summed E-state index contributed by atoms with van der Waals surface area (Å²) in [7, 11) is 0. The lowest BCUT2D eigenvalue weighted by Crippen LogP contribution is -2.42. The molecule has 0 bridgehead atoms. The van der Waals surface area contributed by atoms with Crippen molar-refractivity contribution in [1.82, 2.24) is 4.98 Å². The van der Waals surface area contributed by atoms with Crippen molar-refractivity contribution >= 4 is 50.5 Å². The number of aliphatic carboxylic acids is 1. The minimum absolute atomic E-state index is 0.127. The second kappa shape index (κ2) is 11.8. The van der Waals surface area contributed by atoms with Crippen LogP contribution in [-0.2, 0) is 22.2 Å². The predicted octanol–water partition coefficient (Wildman–Crippen LogP) is 6.67. The fourth-order valence-electron chi connectivity index (χ4n) is 4.34. The van der Waals surface area contributed by atoms with Gasteiger partial charge < -0.3 is 19.6 Å². The fraction of sp³-hybridized carbons (Fsp3) is 0.423. The monoisotopic (exact) mass is 569 g/mol. The zero-order valence-electron chi connectivity index (χ0n) is 20.6. The molecule has 2 heterocycles. The molecule has 2 aromatic carbocycles. The first-order chi connectivity index (χ1) is 18.1. The minimum Gasteiger partial charge on any atom is -0.492 e. The molecule has 7 nitrogen and oxygen atoms in total. The van der Waals surface area contributed by atoms with Crippen LogP contribution in [-0.4, -0.2) is 48.6 Å². The van der Waals surface area contributed by atoms with Gasteiger partial charge >= 0.3 is 12.1 Å². The second-order valence-electron chi connectivity index (χ2n) is 9.11. The Morgan fingerprint density at radius 1 is 1.26 bits per heavy atom. The van der Waals surface area contributed by atoms with E-state index in [0.717, 1.165) is 12.1 Å². The van der Waals surface area contributed by atoms with Crippen molar-refractivity contribution < 1.29 is 32.6 Å². The van der Waals surface area contributed by atoms with Crippen molar-refractivity contribution in [1.29, 1.82) is 0 Å². The first kappa shape index (κ1) is 28.0. The number of aromatic nitrogens is 1. The van der Waals surface area contributed by atoms with Crippen LogP contribution in [0.4, 0.5) is 18.3 Å². The van der Waals surface area contributed by atoms with Gasteiger partial charge in [-0.25, -0.2) is 4.98 Å². The molecule has 1 N–H and O–H groups in total. The third kappa shape index (κ3) is 6.87. The van der Waals surface area contributed by atoms with Gasteiger partial charge in [-0.15, -0.1) is 0 Å². The van der Waals surface area contributed by atoms with E-state index in [9.17, 15) is 18.0 Å². The number of carbonyl (C=O) groups is 1. The Bertz CT molecular complexity index is 1310. The van der Waals surface area contributed by atoms with Crippen LogP contribution in [0.15, 0.2) is 41.6 Å². The molecule has 0 amide bonds. The Morgan fingerprint density at radius 2 is 2.03 bits per heavy atom. The van der Waals surface area contributed by atoms with Gasteiger partial charge in [-0.2, -0.15) is 13.2 Å². The number of ether oxygens (including phenoxy) is 1. The van der Waals surface area contributed by atoms with Gasteiger partial charge in [-0.05, 0) is 62.1 Å². The average molecular weight is 570 g/mol. The van der Waals surface area contributed by atoms with Crippen LogP contribution in [0.3, 0.4) is 0 Å². The minimum atomic E-state index is -4.40. The molecule has 0 unspecified atom stereocenters. The van der Waals surface area contributed by atoms with Gasteiger partial charge in [-0.3, -0.25) is 4.79 Å². The van der Waals surface area contributed by atoms with Crippen molar-refractivity contribution in [2.45, 2.75) is 38.8 Å². The molecule has 0 saturated carbocycles. The molecule has 204 valence electrons. The number of carboxylic acids is 1. The van der Waals surface area contributed by atoms with Crippen LogP contribution in [0.2, 0.25) is 5.02 Å². The van der Waals surface area contributed by atoms with Gasteiger partial charge in [0.15, 0.2) is 5.13 Å². The number of hydrogen-bond donors (Lipinski definition) is 1. The van der Waals surface area contributed by atoms with Crippen LogP contribution in [0.25, 0.3) is 10.2 Å². The number of oxime groups is 1. The molecule has 12 heteroatoms. The predicted molar refractivity (Wildman–Crippen MR) is 142 cm³/mol. The maximum Gasteiger partial charge on any atom is 0.416 e. The number of hydrogen-bond acceptors (Lipinski definition) is 7. The smallest absolute Gasteiger partial charge is 0.416 e. The van der Waals surface area contributed by atoms with Gasteiger partial charge in [-0.1, -0.05) is 34.2 Å². The molecule has 0 aliphatic carbocycles. The van der Waals surface area contributed by atoms with Crippen LogP contribution in [0.1, 0.15) is 37.3 Å². The molecule has 3 aromatic rings. The van der Waals surface area contributed by atoms with Crippen LogP contribution in [0.5, 0.6) is 5.75 Å². The van der Waals surface area contributed by atoms with Crippen LogP contribution in [0, 0.1) is 5.41 Å². The standard InChI is InChI=1S/C26H27ClF3N3O4S/c1-2-37-31-16-25(9-12-36-21-13-17(14-23(34)35)3-5-19(21)27)7-10-33(11-8-25)24-32-20-6-4-18(26(28,29)30)15-22(20)38-24/h3-6,13,15-16H,2,7-12,14H2,1H3,(H,34,35). The van der Waals surface area contributed by atoms with Gasteiger partial charge in [0.25, 0.3) is 0 Å². The van der Waals surface area contributed by atoms with Crippen molar-refractivity contribution in [2.75, 3.05) is 31.2 Å². The summed E-state index contributed by atoms with van der Waals surface area (Å²) >= 11 is 7.51. The Labute approximate surface area is 226 Å². The highest BCUT2D eigenvalue weighted by molar-refractivity contribution is 7.22. The Kier molecular flexibility index (Phi) is 8.67. The van der Waals surface area contributed by atoms with Crippen LogP contribution >= 0.6 is 22.9 Å². The molecule has 38 heavy (non-hydrogen) atoms. The Balaban J connectivity index is 1.43. The molecule has 1 aliphatic heterocycles. The topological polar surface area (TPSA) is 84.2 Å². The summed E-state index contributed by atoms with van der Waals surface area (Å²) in [6.45, 7) is 3.89. The summed E-state index contributed by atoms with van der Waals surface area (Å²) in [6.07, 6.45) is -0.670. The molecule has 4 rings (SSSR count). The lowest BCUT2D eigenvalue weighted by atomic mass is 9.77. The van der Waals surface area contributed by atoms with E-state index in [4.69, 9.17) is 26.3 Å². The first-order valence-corrected chi connectivity index (χ1v) is 13.3. The summed E-state index contributed by atoms with van der Waals surface area (Å²) in [5.41, 5.74) is 0.134. The normalized spacial score (nSPS) is 15.8. The van der Waals surface area contributed by atoms with E-state index in [-0.39, 0.29) is 11.8 Å². The van der Waals surface area contributed by atoms with Crippen molar-refractivity contribution in [3.05, 3.63) is 52.5 Å². The highest BCUT2D eigenvalue weighted by Gasteiger charge is 2.35. The number of alkyl halides is 3. The van der Waals surface area contributed by atoms with Crippen molar-refractivity contribution in [3.8, 4) is 5.75 Å². The van der Waals surface area contributed by atoms with Crippen molar-refractivity contribution in [3.63, 3.8) is 0 Å². The van der Waals surface area contributed by atoms with Gasteiger partial charge in [0.2, 0.25) is 0 Å². The fourth-order valence-corrected chi connectivity index (χ4v) is 5.57.